The van der Waals surface area contributed by atoms with Gasteiger partial charge in [-0.2, -0.15) is 0 Å². The topological polar surface area (TPSA) is 103 Å². The first kappa shape index (κ1) is 17.1. The number of rotatable bonds is 9. The van der Waals surface area contributed by atoms with Crippen LogP contribution in [0.1, 0.15) is 5.56 Å². The van der Waals surface area contributed by atoms with Gasteiger partial charge >= 0.3 is 0 Å². The van der Waals surface area contributed by atoms with E-state index in [1.54, 1.807) is 21.3 Å². The van der Waals surface area contributed by atoms with Crippen molar-refractivity contribution < 1.29 is 24.1 Å². The lowest BCUT2D eigenvalue weighted by molar-refractivity contribution is -0.125. The maximum atomic E-state index is 10.7. The normalized spacial score (nSPS) is 11.8. The first-order chi connectivity index (χ1) is 10.0. The Morgan fingerprint density at radius 2 is 1.81 bits per heavy atom. The number of methoxy groups -OCH3 is 3. The largest absolute Gasteiger partial charge is 0.493 e. The zero-order valence-corrected chi connectivity index (χ0v) is 12.5. The summed E-state index contributed by atoms with van der Waals surface area (Å²) in [6.45, 7) is 0.697. The van der Waals surface area contributed by atoms with Crippen molar-refractivity contribution in [3.05, 3.63) is 17.7 Å². The smallest absolute Gasteiger partial charge is 0.247 e. The predicted octanol–water partition coefficient (Wildman–Crippen LogP) is -0.309. The van der Waals surface area contributed by atoms with Crippen molar-refractivity contribution in [2.75, 3.05) is 34.4 Å². The number of carbonyl (C=O) groups excluding carboxylic acids is 1. The summed E-state index contributed by atoms with van der Waals surface area (Å²) in [4.78, 5) is 10.7. The van der Waals surface area contributed by atoms with E-state index in [-0.39, 0.29) is 6.54 Å². The predicted molar refractivity (Wildman–Crippen MR) is 77.9 cm³/mol. The van der Waals surface area contributed by atoms with Gasteiger partial charge in [0.15, 0.2) is 11.5 Å². The fourth-order valence-corrected chi connectivity index (χ4v) is 1.85. The Bertz CT molecular complexity index is 453. The number of nitrogens with two attached hydrogens (primary N) is 1. The van der Waals surface area contributed by atoms with E-state index in [9.17, 15) is 9.90 Å². The minimum atomic E-state index is -1.18. The Kier molecular flexibility index (Phi) is 6.77. The number of carbonyl (C=O) groups is 1. The van der Waals surface area contributed by atoms with Gasteiger partial charge < -0.3 is 30.4 Å². The molecule has 1 amide bonds. The molecule has 7 heteroatoms. The number of nitrogens with one attached hydrogen (secondary N) is 1. The van der Waals surface area contributed by atoms with Gasteiger partial charge in [0, 0.05) is 6.54 Å². The Morgan fingerprint density at radius 3 is 2.24 bits per heavy atom. The lowest BCUT2D eigenvalue weighted by Crippen LogP contribution is -2.38. The van der Waals surface area contributed by atoms with Crippen LogP contribution in [0.2, 0.25) is 0 Å². The minimum Gasteiger partial charge on any atom is -0.493 e. The summed E-state index contributed by atoms with van der Waals surface area (Å²) in [6.07, 6.45) is -0.507. The molecular formula is C14H22N2O5. The summed E-state index contributed by atoms with van der Waals surface area (Å²) in [5, 5.41) is 12.2. The summed E-state index contributed by atoms with van der Waals surface area (Å²) >= 11 is 0. The molecule has 1 aromatic rings. The number of amides is 1. The fourth-order valence-electron chi connectivity index (χ4n) is 1.85. The molecule has 0 aliphatic heterocycles. The number of ether oxygens (including phenoxy) is 3. The summed E-state index contributed by atoms with van der Waals surface area (Å²) in [7, 11) is 4.66. The quantitative estimate of drug-likeness (QED) is 0.540. The number of primary amides is 1. The molecule has 0 aromatic heterocycles. The van der Waals surface area contributed by atoms with Crippen LogP contribution in [-0.2, 0) is 11.2 Å². The third-order valence-electron chi connectivity index (χ3n) is 2.98. The molecule has 0 spiro atoms. The monoisotopic (exact) mass is 298 g/mol. The van der Waals surface area contributed by atoms with E-state index in [1.807, 2.05) is 12.1 Å². The van der Waals surface area contributed by atoms with Crippen molar-refractivity contribution in [3.63, 3.8) is 0 Å². The van der Waals surface area contributed by atoms with Gasteiger partial charge in [-0.1, -0.05) is 0 Å². The average molecular weight is 298 g/mol. The Hall–Kier alpha value is -1.99. The molecule has 0 saturated carbocycles. The lowest BCUT2D eigenvalue weighted by atomic mass is 10.1. The second-order valence-electron chi connectivity index (χ2n) is 4.41. The SMILES string of the molecule is COc1cc(CCNC[C@H](O)C(N)=O)cc(OC)c1OC. The van der Waals surface area contributed by atoms with E-state index < -0.39 is 12.0 Å². The minimum absolute atomic E-state index is 0.125. The van der Waals surface area contributed by atoms with Gasteiger partial charge in [-0.3, -0.25) is 4.79 Å². The summed E-state index contributed by atoms with van der Waals surface area (Å²) in [5.41, 5.74) is 5.94. The molecule has 0 radical (unpaired) electrons. The molecule has 0 aliphatic rings. The molecule has 0 unspecified atom stereocenters. The van der Waals surface area contributed by atoms with Crippen LogP contribution in [0.3, 0.4) is 0 Å². The summed E-state index contributed by atoms with van der Waals surface area (Å²) < 4.78 is 15.8. The fraction of sp³-hybridized carbons (Fsp3) is 0.500. The van der Waals surface area contributed by atoms with E-state index in [1.165, 1.54) is 0 Å². The van der Waals surface area contributed by atoms with Crippen molar-refractivity contribution in [3.8, 4) is 17.2 Å². The van der Waals surface area contributed by atoms with E-state index >= 15 is 0 Å². The Morgan fingerprint density at radius 1 is 1.24 bits per heavy atom. The molecule has 0 aliphatic carbocycles. The van der Waals surface area contributed by atoms with Gasteiger partial charge in [0.1, 0.15) is 6.10 Å². The second-order valence-corrected chi connectivity index (χ2v) is 4.41. The van der Waals surface area contributed by atoms with Gasteiger partial charge in [-0.15, -0.1) is 0 Å². The Labute approximate surface area is 124 Å². The van der Waals surface area contributed by atoms with Crippen LogP contribution in [0.25, 0.3) is 0 Å². The molecule has 1 rings (SSSR count). The van der Waals surface area contributed by atoms with E-state index in [0.29, 0.717) is 30.2 Å². The van der Waals surface area contributed by atoms with Crippen LogP contribution < -0.4 is 25.3 Å². The Balaban J connectivity index is 2.65. The zero-order valence-electron chi connectivity index (χ0n) is 12.5. The molecule has 0 bridgehead atoms. The van der Waals surface area contributed by atoms with E-state index in [2.05, 4.69) is 5.32 Å². The molecular weight excluding hydrogens is 276 g/mol. The van der Waals surface area contributed by atoms with Crippen LogP contribution in [0, 0.1) is 0 Å². The number of benzene rings is 1. The number of aliphatic hydroxyl groups is 1. The highest BCUT2D eigenvalue weighted by Crippen LogP contribution is 2.38. The van der Waals surface area contributed by atoms with Crippen molar-refractivity contribution in [1.82, 2.24) is 5.32 Å². The van der Waals surface area contributed by atoms with Crippen molar-refractivity contribution in [1.29, 1.82) is 0 Å². The molecule has 7 nitrogen and oxygen atoms in total. The summed E-state index contributed by atoms with van der Waals surface area (Å²) in [5.74, 6) is 0.976. The maximum absolute atomic E-state index is 10.7. The molecule has 4 N–H and O–H groups in total. The van der Waals surface area contributed by atoms with E-state index in [4.69, 9.17) is 19.9 Å². The summed E-state index contributed by atoms with van der Waals surface area (Å²) in [6, 6.07) is 3.71. The molecule has 21 heavy (non-hydrogen) atoms. The highest BCUT2D eigenvalue weighted by atomic mass is 16.5. The third kappa shape index (κ3) is 4.80. The highest BCUT2D eigenvalue weighted by molar-refractivity contribution is 5.78. The molecule has 0 fully saturated rings. The molecule has 0 heterocycles. The number of hydrogen-bond donors (Lipinski definition) is 3. The van der Waals surface area contributed by atoms with Gasteiger partial charge in [-0.25, -0.2) is 0 Å². The number of aliphatic hydroxyl groups excluding tert-OH is 1. The maximum Gasteiger partial charge on any atom is 0.247 e. The van der Waals surface area contributed by atoms with Gasteiger partial charge in [-0.05, 0) is 30.7 Å². The first-order valence-electron chi connectivity index (χ1n) is 6.50. The highest BCUT2D eigenvalue weighted by Gasteiger charge is 2.13. The molecule has 0 saturated heterocycles. The van der Waals surface area contributed by atoms with Gasteiger partial charge in [0.2, 0.25) is 11.7 Å². The van der Waals surface area contributed by atoms with Crippen molar-refractivity contribution in [2.24, 2.45) is 5.73 Å². The van der Waals surface area contributed by atoms with Crippen molar-refractivity contribution >= 4 is 5.91 Å². The van der Waals surface area contributed by atoms with Crippen molar-refractivity contribution in [2.45, 2.75) is 12.5 Å². The number of hydrogen-bond acceptors (Lipinski definition) is 6. The first-order valence-corrected chi connectivity index (χ1v) is 6.50. The van der Waals surface area contributed by atoms with Gasteiger partial charge in [0.25, 0.3) is 0 Å². The van der Waals surface area contributed by atoms with Crippen LogP contribution in [0.15, 0.2) is 12.1 Å². The molecule has 1 aromatic carbocycles. The van der Waals surface area contributed by atoms with Crippen LogP contribution in [0.4, 0.5) is 0 Å². The van der Waals surface area contributed by atoms with Gasteiger partial charge in [0.05, 0.1) is 21.3 Å². The molecule has 1 atom stereocenters. The molecule has 118 valence electrons. The van der Waals surface area contributed by atoms with Crippen LogP contribution in [0.5, 0.6) is 17.2 Å². The lowest BCUT2D eigenvalue weighted by Gasteiger charge is -2.14. The third-order valence-corrected chi connectivity index (χ3v) is 2.98. The standard InChI is InChI=1S/C14H22N2O5/c1-19-11-6-9(7-12(20-2)13(11)21-3)4-5-16-8-10(17)14(15)18/h6-7,10,16-17H,4-5,8H2,1-3H3,(H2,15,18)/t10-/m0/s1. The average Bonchev–Trinajstić information content (AvgIpc) is 2.49. The second kappa shape index (κ2) is 8.33. The van der Waals surface area contributed by atoms with Crippen LogP contribution >= 0.6 is 0 Å². The van der Waals surface area contributed by atoms with Crippen LogP contribution in [-0.4, -0.2) is 51.5 Å². The zero-order chi connectivity index (χ0) is 15.8. The van der Waals surface area contributed by atoms with E-state index in [0.717, 1.165) is 5.56 Å².